The van der Waals surface area contributed by atoms with Gasteiger partial charge >= 0.3 is 0 Å². The average molecular weight is 558 g/mol. The number of pyridine rings is 1. The van der Waals surface area contributed by atoms with E-state index in [0.717, 1.165) is 64.4 Å². The third-order valence-electron chi connectivity index (χ3n) is 9.21. The van der Waals surface area contributed by atoms with E-state index < -0.39 is 0 Å². The number of aryl methyl sites for hydroxylation is 1. The zero-order valence-electron chi connectivity index (χ0n) is 24.4. The van der Waals surface area contributed by atoms with Gasteiger partial charge in [0.25, 0.3) is 5.91 Å². The fourth-order valence-corrected chi connectivity index (χ4v) is 6.07. The molecule has 3 aliphatic rings. The summed E-state index contributed by atoms with van der Waals surface area (Å²) in [6.45, 7) is 5.90. The van der Waals surface area contributed by atoms with Gasteiger partial charge in [-0.2, -0.15) is 5.26 Å². The van der Waals surface area contributed by atoms with Crippen LogP contribution in [0.5, 0.6) is 0 Å². The summed E-state index contributed by atoms with van der Waals surface area (Å²) in [5.74, 6) is 2.49. The van der Waals surface area contributed by atoms with Gasteiger partial charge in [0, 0.05) is 35.3 Å². The van der Waals surface area contributed by atoms with E-state index >= 15 is 0 Å². The molecule has 2 aromatic heterocycles. The van der Waals surface area contributed by atoms with Crippen LogP contribution in [0.1, 0.15) is 84.6 Å². The van der Waals surface area contributed by atoms with Gasteiger partial charge in [-0.1, -0.05) is 24.6 Å². The number of nitrogens with zero attached hydrogens (tertiary/aromatic N) is 6. The third kappa shape index (κ3) is 4.78. The van der Waals surface area contributed by atoms with Crippen molar-refractivity contribution in [1.82, 2.24) is 25.1 Å². The number of aromatic nitrogens is 4. The van der Waals surface area contributed by atoms with Crippen molar-refractivity contribution in [2.24, 2.45) is 13.0 Å². The van der Waals surface area contributed by atoms with Crippen molar-refractivity contribution in [1.29, 1.82) is 5.26 Å². The fraction of sp³-hybridized carbons (Fsp3) is 0.382. The molecule has 2 fully saturated rings. The molecule has 0 bridgehead atoms. The summed E-state index contributed by atoms with van der Waals surface area (Å²) in [4.78, 5) is 20.8. The lowest BCUT2D eigenvalue weighted by Gasteiger charge is -2.33. The number of carbonyl (C=O) groups is 1. The second-order valence-corrected chi connectivity index (χ2v) is 12.6. The lowest BCUT2D eigenvalue weighted by atomic mass is 9.84. The Balaban J connectivity index is 1.24. The van der Waals surface area contributed by atoms with Crippen molar-refractivity contribution in [3.05, 3.63) is 82.8 Å². The molecule has 0 spiro atoms. The minimum atomic E-state index is -0.221. The second-order valence-electron chi connectivity index (χ2n) is 12.6. The van der Waals surface area contributed by atoms with Gasteiger partial charge in [0.05, 0.1) is 18.2 Å². The van der Waals surface area contributed by atoms with Gasteiger partial charge in [0.1, 0.15) is 12.1 Å². The highest BCUT2D eigenvalue weighted by atomic mass is 16.2. The molecule has 1 amide bonds. The molecule has 2 aliphatic carbocycles. The van der Waals surface area contributed by atoms with Crippen LogP contribution in [0, 0.1) is 17.2 Å². The Hall–Kier alpha value is -4.35. The molecular weight excluding hydrogens is 522 g/mol. The SMILES string of the molecule is Cn1cnnc1-c1cc(C#N)ccc1-c1cc(C2CC2)nc(N2Cc3ccc(C(C)(C)NCC4CCC4)cc3C2=O)c1. The lowest BCUT2D eigenvalue weighted by Crippen LogP contribution is -2.41. The molecule has 8 heteroatoms. The van der Waals surface area contributed by atoms with E-state index in [1.807, 2.05) is 40.8 Å². The maximum absolute atomic E-state index is 13.9. The molecule has 2 aromatic carbocycles. The highest BCUT2D eigenvalue weighted by molar-refractivity contribution is 6.10. The van der Waals surface area contributed by atoms with Crippen molar-refractivity contribution in [3.8, 4) is 28.6 Å². The number of nitriles is 1. The summed E-state index contributed by atoms with van der Waals surface area (Å²) >= 11 is 0. The van der Waals surface area contributed by atoms with Crippen molar-refractivity contribution in [2.45, 2.75) is 64.0 Å². The summed E-state index contributed by atoms with van der Waals surface area (Å²) in [5.41, 5.74) is 6.95. The first-order valence-corrected chi connectivity index (χ1v) is 14.9. The number of hydrogen-bond donors (Lipinski definition) is 1. The predicted octanol–water partition coefficient (Wildman–Crippen LogP) is 6.08. The Bertz CT molecular complexity index is 1740. The summed E-state index contributed by atoms with van der Waals surface area (Å²) in [6.07, 6.45) is 7.79. The third-order valence-corrected chi connectivity index (χ3v) is 9.21. The van der Waals surface area contributed by atoms with E-state index in [-0.39, 0.29) is 11.4 Å². The topological polar surface area (TPSA) is 99.7 Å². The highest BCUT2D eigenvalue weighted by Crippen LogP contribution is 2.43. The zero-order chi connectivity index (χ0) is 29.0. The number of amides is 1. The molecule has 7 rings (SSSR count). The molecule has 3 heterocycles. The van der Waals surface area contributed by atoms with Crippen LogP contribution < -0.4 is 10.2 Å². The monoisotopic (exact) mass is 557 g/mol. The molecule has 1 N–H and O–H groups in total. The fourth-order valence-electron chi connectivity index (χ4n) is 6.07. The van der Waals surface area contributed by atoms with Crippen LogP contribution in [0.25, 0.3) is 22.5 Å². The van der Waals surface area contributed by atoms with E-state index in [0.29, 0.717) is 29.7 Å². The zero-order valence-corrected chi connectivity index (χ0v) is 24.4. The average Bonchev–Trinajstić information content (AvgIpc) is 3.66. The summed E-state index contributed by atoms with van der Waals surface area (Å²) < 4.78 is 1.85. The van der Waals surface area contributed by atoms with Crippen LogP contribution in [0.3, 0.4) is 0 Å². The van der Waals surface area contributed by atoms with Gasteiger partial charge in [0.15, 0.2) is 5.82 Å². The first kappa shape index (κ1) is 26.5. The smallest absolute Gasteiger partial charge is 0.260 e. The minimum absolute atomic E-state index is 0.0126. The summed E-state index contributed by atoms with van der Waals surface area (Å²) in [7, 11) is 1.89. The van der Waals surface area contributed by atoms with Gasteiger partial charge < -0.3 is 9.88 Å². The van der Waals surface area contributed by atoms with E-state index in [4.69, 9.17) is 4.98 Å². The summed E-state index contributed by atoms with van der Waals surface area (Å²) in [6, 6.07) is 18.4. The Morgan fingerprint density at radius 2 is 1.86 bits per heavy atom. The largest absolute Gasteiger partial charge is 0.317 e. The quantitative estimate of drug-likeness (QED) is 0.282. The Morgan fingerprint density at radius 1 is 1.02 bits per heavy atom. The van der Waals surface area contributed by atoms with E-state index in [2.05, 4.69) is 59.7 Å². The van der Waals surface area contributed by atoms with Gasteiger partial charge in [-0.25, -0.2) is 4.98 Å². The molecular formula is C34H35N7O. The van der Waals surface area contributed by atoms with E-state index in [1.54, 1.807) is 6.33 Å². The number of carbonyl (C=O) groups excluding carboxylic acids is 1. The van der Waals surface area contributed by atoms with Gasteiger partial charge in [0.2, 0.25) is 0 Å². The van der Waals surface area contributed by atoms with Crippen LogP contribution in [0.15, 0.2) is 54.9 Å². The second kappa shape index (κ2) is 10.2. The van der Waals surface area contributed by atoms with Crippen molar-refractivity contribution < 1.29 is 4.79 Å². The minimum Gasteiger partial charge on any atom is -0.317 e. The van der Waals surface area contributed by atoms with Crippen molar-refractivity contribution >= 4 is 11.7 Å². The standard InChI is InChI=1S/C34H35N7O/c1-34(2,36-18-21-5-4-6-21)26-11-10-24-19-41(33(42)28(24)16-26)31-15-25(14-30(38-31)23-8-9-23)27-12-7-22(17-35)13-29(27)32-39-37-20-40(32)3/h7,10-16,20-21,23,36H,4-6,8-9,18-19H2,1-3H3. The molecule has 4 aromatic rings. The van der Waals surface area contributed by atoms with Gasteiger partial charge in [-0.15, -0.1) is 10.2 Å². The Labute approximate surface area is 246 Å². The van der Waals surface area contributed by atoms with Crippen molar-refractivity contribution in [2.75, 3.05) is 11.4 Å². The van der Waals surface area contributed by atoms with Gasteiger partial charge in [-0.05, 0) is 105 Å². The molecule has 42 heavy (non-hydrogen) atoms. The van der Waals surface area contributed by atoms with Crippen LogP contribution in [0.4, 0.5) is 5.82 Å². The molecule has 2 saturated carbocycles. The van der Waals surface area contributed by atoms with Crippen LogP contribution in [-0.2, 0) is 19.1 Å². The summed E-state index contributed by atoms with van der Waals surface area (Å²) in [5, 5.41) is 21.7. The van der Waals surface area contributed by atoms with E-state index in [1.165, 1.54) is 19.3 Å². The molecule has 0 radical (unpaired) electrons. The predicted molar refractivity (Wildman–Crippen MR) is 162 cm³/mol. The molecule has 212 valence electrons. The molecule has 8 nitrogen and oxygen atoms in total. The van der Waals surface area contributed by atoms with Crippen LogP contribution >= 0.6 is 0 Å². The number of benzene rings is 2. The van der Waals surface area contributed by atoms with Gasteiger partial charge in [-0.3, -0.25) is 9.69 Å². The molecule has 1 aliphatic heterocycles. The maximum Gasteiger partial charge on any atom is 0.260 e. The van der Waals surface area contributed by atoms with E-state index in [9.17, 15) is 10.1 Å². The number of rotatable bonds is 8. The number of anilines is 1. The first-order chi connectivity index (χ1) is 20.3. The van der Waals surface area contributed by atoms with Crippen molar-refractivity contribution in [3.63, 3.8) is 0 Å². The van der Waals surface area contributed by atoms with Crippen LogP contribution in [-0.4, -0.2) is 32.2 Å². The Morgan fingerprint density at radius 3 is 2.55 bits per heavy atom. The highest BCUT2D eigenvalue weighted by Gasteiger charge is 2.34. The first-order valence-electron chi connectivity index (χ1n) is 14.9. The molecule has 0 saturated heterocycles. The number of fused-ring (bicyclic) bond motifs is 1. The molecule has 0 unspecified atom stereocenters. The maximum atomic E-state index is 13.9. The number of nitrogens with one attached hydrogen (secondary N) is 1. The lowest BCUT2D eigenvalue weighted by molar-refractivity contribution is 0.0995. The van der Waals surface area contributed by atoms with Crippen LogP contribution in [0.2, 0.25) is 0 Å². The number of hydrogen-bond acceptors (Lipinski definition) is 6. The normalized spacial score (nSPS) is 16.8. The Kier molecular flexibility index (Phi) is 6.43. The molecule has 0 atom stereocenters.